The van der Waals surface area contributed by atoms with E-state index in [0.717, 1.165) is 18.6 Å². The van der Waals surface area contributed by atoms with Crippen molar-refractivity contribution in [3.8, 4) is 0 Å². The summed E-state index contributed by atoms with van der Waals surface area (Å²) >= 11 is 0. The minimum atomic E-state index is -2.26. The molecular formula is C56H93NO40S2. The molecule has 16 bridgehead atoms. The van der Waals surface area contributed by atoms with E-state index in [0.29, 0.717) is 18.1 Å². The standard InChI is InChI=1S/C56H93NO40S2/c58-8-17-42-27(68)35(76)51(84-17)93-44-19(10-60)86-53(37(78)29(44)70)95-46-21(12-62)88-55(39(80)31(46)72)97-48-23(14-64)89-56(40(81)32(48)73)96-47-22(13-63)87-54(38(79)30(47)71)94-45-20(11-61)85-52(36(77)28(45)69)92-43-18(9-59)83-50(34(75)26(43)67)90-41-16(82-49(91-42)33(74)25(41)66)7-57-24(65)4-2-1-3-15-5-6-98-99-15/h15-23,25-56,58-64,66-81H,1-14H2,(H,57,65)/t15?,16-,17-,18-,19-,20-,21-,22-,23-,25-,26-,27-,28-,29-,30-,31-,32-,33-,34-,35-,36-,37-,38-,39-,40-,41-,42-,43-,44-,45-,46-,47-,48-,49-,50-,51-,52-,53-,54-,55-,56-/m1/s1. The van der Waals surface area contributed by atoms with Crippen LogP contribution < -0.4 is 5.32 Å². The van der Waals surface area contributed by atoms with Gasteiger partial charge in [-0.2, -0.15) is 0 Å². The van der Waals surface area contributed by atoms with Gasteiger partial charge in [0.05, 0.1) is 46.2 Å². The van der Waals surface area contributed by atoms with Crippen LogP contribution in [0, 0.1) is 0 Å². The van der Waals surface area contributed by atoms with E-state index in [1.54, 1.807) is 21.6 Å². The fourth-order valence-electron chi connectivity index (χ4n) is 13.4. The van der Waals surface area contributed by atoms with Crippen molar-refractivity contribution >= 4 is 27.5 Å². The van der Waals surface area contributed by atoms with E-state index >= 15 is 0 Å². The zero-order valence-corrected chi connectivity index (χ0v) is 54.2. The summed E-state index contributed by atoms with van der Waals surface area (Å²) in [6, 6.07) is 0. The second kappa shape index (κ2) is 35.6. The van der Waals surface area contributed by atoms with Crippen molar-refractivity contribution in [2.45, 2.75) is 283 Å². The van der Waals surface area contributed by atoms with Crippen LogP contribution in [0.2, 0.25) is 0 Å². The maximum Gasteiger partial charge on any atom is 0.220 e. The molecule has 41 nitrogen and oxygen atoms in total. The van der Waals surface area contributed by atoms with Gasteiger partial charge in [0.2, 0.25) is 5.91 Å². The first-order chi connectivity index (χ1) is 47.3. The average molecular weight is 1480 g/mol. The Morgan fingerprint density at radius 2 is 0.505 bits per heavy atom. The van der Waals surface area contributed by atoms with Crippen LogP contribution in [0.3, 0.4) is 0 Å². The molecule has 1 amide bonds. The lowest BCUT2D eigenvalue weighted by atomic mass is 9.94. The molecule has 43 heteroatoms. The van der Waals surface area contributed by atoms with Crippen molar-refractivity contribution in [2.75, 3.05) is 58.5 Å². The number of carbonyl (C=O) groups excluding carboxylic acids is 1. The Bertz CT molecular complexity index is 2460. The summed E-state index contributed by atoms with van der Waals surface area (Å²) in [6.07, 6.45) is -79.2. The number of aliphatic hydroxyl groups excluding tert-OH is 23. The Morgan fingerprint density at radius 3 is 0.707 bits per heavy atom. The molecule has 1 unspecified atom stereocenters. The molecule has 31 rings (SSSR count). The fraction of sp³-hybridized carbons (Fsp3) is 0.982. The molecule has 31 fully saturated rings. The second-order valence-corrected chi connectivity index (χ2v) is 28.4. The lowest BCUT2D eigenvalue weighted by molar-refractivity contribution is -0.403. The van der Waals surface area contributed by atoms with Gasteiger partial charge in [0.1, 0.15) is 195 Å². The normalized spacial score (nSPS) is 52.0. The SMILES string of the molecule is O=C(CCCCC1CCSS1)NC[C@H]1O[C@@H]2O[C@H]3[C@H](O)[C@@H](O)[C@@H](O[C@H]4[C@H](O)[C@@H](O)[C@@H](O[C@H]5[C@H](O)[C@@H](O)[C@@H](O[C@H]6[C@H](O)[C@@H](O)[C@@H](O[C@H]7[C@H](O)[C@@H](O)[C@@H](O[C@H]8[C@H](O)[C@@H](O)[C@@H](O[C@H]9[C@H](O)[C@@H](O)[C@@H](O[C@H]1[C@H](O)[C@H]2O)O[C@@H]9CO)O[C@@H]8CO)O[C@@H]7CO)O[C@@H]6CO)O[C@@H]5CO)O[C@@H]4CO)O[C@@H]3CO. The van der Waals surface area contributed by atoms with E-state index in [9.17, 15) is 122 Å². The van der Waals surface area contributed by atoms with Crippen LogP contribution >= 0.6 is 21.6 Å². The van der Waals surface area contributed by atoms with Gasteiger partial charge >= 0.3 is 0 Å². The minimum Gasteiger partial charge on any atom is -0.394 e. The minimum absolute atomic E-state index is 0.0103. The molecule has 31 aliphatic rings. The third-order valence-electron chi connectivity index (χ3n) is 19.1. The molecule has 574 valence electrons. The highest BCUT2D eigenvalue weighted by atomic mass is 33.1. The molecule has 0 spiro atoms. The zero-order chi connectivity index (χ0) is 71.6. The lowest BCUT2D eigenvalue weighted by Crippen LogP contribution is -2.69. The summed E-state index contributed by atoms with van der Waals surface area (Å²) in [5.41, 5.74) is 0. The number of hydrogen-bond acceptors (Lipinski definition) is 42. The molecule has 31 saturated heterocycles. The predicted octanol–water partition coefficient (Wildman–Crippen LogP) is -14.6. The molecule has 0 radical (unpaired) electrons. The number of hydrogen-bond donors (Lipinski definition) is 24. The van der Waals surface area contributed by atoms with Crippen molar-refractivity contribution in [3.63, 3.8) is 0 Å². The Kier molecular flexibility index (Phi) is 28.8. The molecule has 24 N–H and O–H groups in total. The molecule has 31 heterocycles. The number of nitrogens with one attached hydrogen (secondary N) is 1. The molecule has 0 aliphatic carbocycles. The van der Waals surface area contributed by atoms with Crippen LogP contribution in [0.15, 0.2) is 0 Å². The number of aliphatic hydroxyl groups is 23. The largest absolute Gasteiger partial charge is 0.394 e. The zero-order valence-electron chi connectivity index (χ0n) is 52.6. The third kappa shape index (κ3) is 17.3. The van der Waals surface area contributed by atoms with Crippen LogP contribution in [-0.2, 0) is 80.6 Å². The van der Waals surface area contributed by atoms with Gasteiger partial charge in [0.15, 0.2) is 50.3 Å². The van der Waals surface area contributed by atoms with Gasteiger partial charge < -0.3 is 199 Å². The van der Waals surface area contributed by atoms with Gasteiger partial charge in [-0.3, -0.25) is 4.79 Å². The molecule has 0 aromatic carbocycles. The number of carbonyl (C=O) groups is 1. The molecule has 0 aromatic heterocycles. The first-order valence-corrected chi connectivity index (χ1v) is 34.9. The first kappa shape index (κ1) is 80.2. The lowest BCUT2D eigenvalue weighted by Gasteiger charge is -2.50. The van der Waals surface area contributed by atoms with Gasteiger partial charge in [-0.25, -0.2) is 0 Å². The number of unbranched alkanes of at least 4 members (excludes halogenated alkanes) is 1. The summed E-state index contributed by atoms with van der Waals surface area (Å²) in [4.78, 5) is 13.4. The maximum atomic E-state index is 13.4. The van der Waals surface area contributed by atoms with E-state index < -0.39 is 304 Å². The molecule has 0 saturated carbocycles. The molecule has 99 heavy (non-hydrogen) atoms. The van der Waals surface area contributed by atoms with Gasteiger partial charge in [-0.05, 0) is 19.3 Å². The fourth-order valence-corrected chi connectivity index (χ4v) is 16.5. The topological polar surface area (TPSA) is 642 Å². The highest BCUT2D eigenvalue weighted by molar-refractivity contribution is 8.77. The van der Waals surface area contributed by atoms with E-state index in [2.05, 4.69) is 5.32 Å². The monoisotopic (exact) mass is 1480 g/mol. The van der Waals surface area contributed by atoms with Crippen molar-refractivity contribution < 1.29 is 198 Å². The van der Waals surface area contributed by atoms with E-state index in [-0.39, 0.29) is 6.42 Å². The van der Waals surface area contributed by atoms with Crippen molar-refractivity contribution in [1.82, 2.24) is 5.32 Å². The van der Waals surface area contributed by atoms with Gasteiger partial charge in [-0.15, -0.1) is 0 Å². The maximum absolute atomic E-state index is 13.4. The van der Waals surface area contributed by atoms with E-state index in [1.165, 1.54) is 0 Å². The van der Waals surface area contributed by atoms with Crippen molar-refractivity contribution in [3.05, 3.63) is 0 Å². The third-order valence-corrected chi connectivity index (χ3v) is 22.1. The van der Waals surface area contributed by atoms with Crippen LogP contribution in [0.1, 0.15) is 32.1 Å². The molecule has 31 aliphatic heterocycles. The Hall–Kier alpha value is -1.39. The highest BCUT2D eigenvalue weighted by Crippen LogP contribution is 2.42. The summed E-state index contributed by atoms with van der Waals surface area (Å²) in [7, 11) is 3.53. The molecule has 0 aromatic rings. The quantitative estimate of drug-likeness (QED) is 0.0567. The number of ether oxygens (including phenoxy) is 16. The summed E-state index contributed by atoms with van der Waals surface area (Å²) < 4.78 is 92.9. The number of amides is 1. The summed E-state index contributed by atoms with van der Waals surface area (Å²) in [5.74, 6) is 0.483. The van der Waals surface area contributed by atoms with Crippen molar-refractivity contribution in [1.29, 1.82) is 0 Å². The summed E-state index contributed by atoms with van der Waals surface area (Å²) in [5, 5.41) is 262. The summed E-state index contributed by atoms with van der Waals surface area (Å²) in [6.45, 7) is -8.17. The van der Waals surface area contributed by atoms with Crippen LogP contribution in [0.4, 0.5) is 0 Å². The number of rotatable bonds is 14. The van der Waals surface area contributed by atoms with Gasteiger partial charge in [-0.1, -0.05) is 28.0 Å². The van der Waals surface area contributed by atoms with E-state index in [4.69, 9.17) is 75.8 Å². The highest BCUT2D eigenvalue weighted by Gasteiger charge is 2.60. The van der Waals surface area contributed by atoms with Crippen LogP contribution in [-0.4, -0.2) is 433 Å². The molecule has 41 atom stereocenters. The Morgan fingerprint density at radius 1 is 0.293 bits per heavy atom. The van der Waals surface area contributed by atoms with Gasteiger partial charge in [0, 0.05) is 24.0 Å². The van der Waals surface area contributed by atoms with E-state index in [1.807, 2.05) is 0 Å². The average Bonchev–Trinajstić information content (AvgIpc) is 1.09. The smallest absolute Gasteiger partial charge is 0.220 e. The Labute approximate surface area is 570 Å². The predicted molar refractivity (Wildman–Crippen MR) is 314 cm³/mol. The Balaban J connectivity index is 0.913. The van der Waals surface area contributed by atoms with Crippen molar-refractivity contribution in [2.24, 2.45) is 0 Å². The van der Waals surface area contributed by atoms with Crippen LogP contribution in [0.5, 0.6) is 0 Å². The van der Waals surface area contributed by atoms with Gasteiger partial charge in [0.25, 0.3) is 0 Å². The second-order valence-electron chi connectivity index (χ2n) is 25.7. The first-order valence-electron chi connectivity index (χ1n) is 32.5. The molecular weight excluding hydrogens is 1390 g/mol. The van der Waals surface area contributed by atoms with Crippen LogP contribution in [0.25, 0.3) is 0 Å².